The van der Waals surface area contributed by atoms with Crippen molar-refractivity contribution in [2.75, 3.05) is 19.6 Å². The van der Waals surface area contributed by atoms with Crippen molar-refractivity contribution in [3.8, 4) is 0 Å². The molecule has 2 heterocycles. The molecule has 1 aromatic rings. The van der Waals surface area contributed by atoms with Gasteiger partial charge < -0.3 is 4.90 Å². The van der Waals surface area contributed by atoms with E-state index >= 15 is 0 Å². The Morgan fingerprint density at radius 3 is 2.75 bits per heavy atom. The van der Waals surface area contributed by atoms with Gasteiger partial charge in [0.15, 0.2) is 0 Å². The lowest BCUT2D eigenvalue weighted by Gasteiger charge is -2.45. The number of piperazine rings is 1. The van der Waals surface area contributed by atoms with Gasteiger partial charge in [-0.3, -0.25) is 19.9 Å². The Morgan fingerprint density at radius 1 is 1.25 bits per heavy atom. The third-order valence-electron chi connectivity index (χ3n) is 4.95. The highest BCUT2D eigenvalue weighted by Crippen LogP contribution is 2.22. The molecule has 24 heavy (non-hydrogen) atoms. The van der Waals surface area contributed by atoms with Crippen molar-refractivity contribution in [1.29, 1.82) is 0 Å². The van der Waals surface area contributed by atoms with Crippen LogP contribution in [0.2, 0.25) is 0 Å². The number of carbonyl (C=O) groups excluding carboxylic acids is 2. The summed E-state index contributed by atoms with van der Waals surface area (Å²) in [5.74, 6) is -0.158. The fourth-order valence-corrected chi connectivity index (χ4v) is 3.71. The van der Waals surface area contributed by atoms with Crippen LogP contribution in [0.4, 0.5) is 0 Å². The van der Waals surface area contributed by atoms with Crippen molar-refractivity contribution in [1.82, 2.24) is 20.7 Å². The van der Waals surface area contributed by atoms with Gasteiger partial charge in [-0.25, -0.2) is 5.43 Å². The Balaban J connectivity index is 1.69. The van der Waals surface area contributed by atoms with E-state index in [1.54, 1.807) is 0 Å². The van der Waals surface area contributed by atoms with E-state index in [0.717, 1.165) is 0 Å². The summed E-state index contributed by atoms with van der Waals surface area (Å²) >= 11 is 6.25. The number of rotatable bonds is 3. The minimum atomic E-state index is -0.649. The van der Waals surface area contributed by atoms with Gasteiger partial charge >= 0.3 is 0 Å². The number of benzene rings is 1. The Labute approximate surface area is 147 Å². The first-order valence-corrected chi connectivity index (χ1v) is 8.68. The molecule has 2 N–H and O–H groups in total. The largest absolute Gasteiger partial charge is 0.336 e. The topological polar surface area (TPSA) is 64.7 Å². The molecule has 6 nitrogen and oxygen atoms in total. The van der Waals surface area contributed by atoms with Crippen LogP contribution in [0.15, 0.2) is 24.3 Å². The van der Waals surface area contributed by atoms with Crippen LogP contribution >= 0.6 is 11.6 Å². The summed E-state index contributed by atoms with van der Waals surface area (Å²) in [5.41, 5.74) is 7.74. The normalized spacial score (nSPS) is 28.8. The zero-order valence-electron chi connectivity index (χ0n) is 14.0. The van der Waals surface area contributed by atoms with Gasteiger partial charge in [0.2, 0.25) is 5.91 Å². The predicted octanol–water partition coefficient (Wildman–Crippen LogP) is 0.638. The SMILES string of the molecule is Cc1ccccc1CN1CCN(C2CNNC(=O)C2Cl)[C@H](C)C1=O. The van der Waals surface area contributed by atoms with Gasteiger partial charge in [0.25, 0.3) is 5.91 Å². The lowest BCUT2D eigenvalue weighted by Crippen LogP contribution is -2.67. The standard InChI is InChI=1S/C17H23ClN4O2/c1-11-5-3-4-6-13(11)10-21-7-8-22(12(2)17(21)24)14-9-19-20-16(23)15(14)18/h3-6,12,14-15,19H,7-10H2,1-2H3,(H,20,23)/t12-,14?,15?/m1/s1. The second-order valence-corrected chi connectivity index (χ2v) is 6.91. The number of hydrogen-bond donors (Lipinski definition) is 2. The van der Waals surface area contributed by atoms with Crippen LogP contribution in [-0.4, -0.2) is 58.7 Å². The van der Waals surface area contributed by atoms with Gasteiger partial charge in [0.1, 0.15) is 5.38 Å². The van der Waals surface area contributed by atoms with E-state index in [1.165, 1.54) is 11.1 Å². The Kier molecular flexibility index (Phi) is 5.08. The van der Waals surface area contributed by atoms with E-state index < -0.39 is 5.38 Å². The monoisotopic (exact) mass is 350 g/mol. The maximum absolute atomic E-state index is 12.8. The molecule has 0 bridgehead atoms. The molecule has 0 saturated carbocycles. The Bertz CT molecular complexity index is 639. The highest BCUT2D eigenvalue weighted by Gasteiger charge is 2.41. The van der Waals surface area contributed by atoms with Crippen LogP contribution in [0.1, 0.15) is 18.1 Å². The molecular formula is C17H23ClN4O2. The number of halogens is 1. The summed E-state index contributed by atoms with van der Waals surface area (Å²) in [6, 6.07) is 7.65. The molecule has 2 fully saturated rings. The second kappa shape index (κ2) is 7.09. The molecule has 2 saturated heterocycles. The molecule has 0 aliphatic carbocycles. The number of hydrazine groups is 1. The average molecular weight is 351 g/mol. The van der Waals surface area contributed by atoms with Crippen molar-refractivity contribution < 1.29 is 9.59 Å². The maximum atomic E-state index is 12.8. The van der Waals surface area contributed by atoms with Crippen LogP contribution in [0.3, 0.4) is 0 Å². The first kappa shape index (κ1) is 17.2. The molecule has 0 radical (unpaired) electrons. The fourth-order valence-electron chi connectivity index (χ4n) is 3.42. The first-order chi connectivity index (χ1) is 11.5. The molecule has 3 atom stereocenters. The van der Waals surface area contributed by atoms with Crippen LogP contribution in [0, 0.1) is 6.92 Å². The van der Waals surface area contributed by atoms with Gasteiger partial charge in [-0.15, -0.1) is 11.6 Å². The lowest BCUT2D eigenvalue weighted by atomic mass is 10.0. The highest BCUT2D eigenvalue weighted by atomic mass is 35.5. The number of hydrogen-bond acceptors (Lipinski definition) is 4. The van der Waals surface area contributed by atoms with Gasteiger partial charge in [0.05, 0.1) is 12.1 Å². The number of alkyl halides is 1. The molecule has 130 valence electrons. The maximum Gasteiger partial charge on any atom is 0.253 e. The molecule has 7 heteroatoms. The van der Waals surface area contributed by atoms with Crippen LogP contribution in [0.25, 0.3) is 0 Å². The van der Waals surface area contributed by atoms with E-state index in [-0.39, 0.29) is 23.9 Å². The smallest absolute Gasteiger partial charge is 0.253 e. The van der Waals surface area contributed by atoms with Crippen LogP contribution in [-0.2, 0) is 16.1 Å². The first-order valence-electron chi connectivity index (χ1n) is 8.25. The van der Waals surface area contributed by atoms with Gasteiger partial charge in [-0.05, 0) is 25.0 Å². The molecule has 3 rings (SSSR count). The summed E-state index contributed by atoms with van der Waals surface area (Å²) in [5, 5.41) is -0.649. The van der Waals surface area contributed by atoms with E-state index in [4.69, 9.17) is 11.6 Å². The van der Waals surface area contributed by atoms with Gasteiger partial charge in [-0.1, -0.05) is 24.3 Å². The fraction of sp³-hybridized carbons (Fsp3) is 0.529. The minimum absolute atomic E-state index is 0.0827. The van der Waals surface area contributed by atoms with Crippen molar-refractivity contribution in [2.45, 2.75) is 37.9 Å². The molecule has 1 aromatic carbocycles. The predicted molar refractivity (Wildman–Crippen MR) is 92.3 cm³/mol. The zero-order chi connectivity index (χ0) is 17.3. The summed E-state index contributed by atoms with van der Waals surface area (Å²) < 4.78 is 0. The van der Waals surface area contributed by atoms with E-state index in [9.17, 15) is 9.59 Å². The Morgan fingerprint density at radius 2 is 2.00 bits per heavy atom. The van der Waals surface area contributed by atoms with Gasteiger partial charge in [-0.2, -0.15) is 0 Å². The minimum Gasteiger partial charge on any atom is -0.336 e. The lowest BCUT2D eigenvalue weighted by molar-refractivity contribution is -0.145. The van der Waals surface area contributed by atoms with Crippen molar-refractivity contribution >= 4 is 23.4 Å². The summed E-state index contributed by atoms with van der Waals surface area (Å²) in [6.45, 7) is 6.46. The third-order valence-corrected chi connectivity index (χ3v) is 5.44. The summed E-state index contributed by atoms with van der Waals surface area (Å²) in [4.78, 5) is 28.5. The number of nitrogens with one attached hydrogen (secondary N) is 2. The molecular weight excluding hydrogens is 328 g/mol. The molecule has 2 amide bonds. The van der Waals surface area contributed by atoms with E-state index in [0.29, 0.717) is 26.2 Å². The Hall–Kier alpha value is -1.63. The van der Waals surface area contributed by atoms with E-state index in [2.05, 4.69) is 29.9 Å². The second-order valence-electron chi connectivity index (χ2n) is 6.44. The highest BCUT2D eigenvalue weighted by molar-refractivity contribution is 6.31. The molecule has 2 unspecified atom stereocenters. The number of amides is 2. The van der Waals surface area contributed by atoms with E-state index in [1.807, 2.05) is 28.9 Å². The summed E-state index contributed by atoms with van der Waals surface area (Å²) in [7, 11) is 0. The van der Waals surface area contributed by atoms with Crippen molar-refractivity contribution in [3.63, 3.8) is 0 Å². The number of aryl methyl sites for hydroxylation is 1. The average Bonchev–Trinajstić information content (AvgIpc) is 2.57. The van der Waals surface area contributed by atoms with Crippen LogP contribution < -0.4 is 10.9 Å². The quantitative estimate of drug-likeness (QED) is 0.785. The molecule has 2 aliphatic heterocycles. The van der Waals surface area contributed by atoms with Gasteiger partial charge in [0, 0.05) is 26.2 Å². The molecule has 0 aromatic heterocycles. The zero-order valence-corrected chi connectivity index (χ0v) is 14.7. The van der Waals surface area contributed by atoms with Crippen molar-refractivity contribution in [2.24, 2.45) is 0 Å². The summed E-state index contributed by atoms with van der Waals surface area (Å²) in [6.07, 6.45) is 0. The number of carbonyl (C=O) groups is 2. The molecule has 0 spiro atoms. The van der Waals surface area contributed by atoms with Crippen LogP contribution in [0.5, 0.6) is 0 Å². The third kappa shape index (κ3) is 3.27. The van der Waals surface area contributed by atoms with Crippen molar-refractivity contribution in [3.05, 3.63) is 35.4 Å². The molecule has 2 aliphatic rings. The number of nitrogens with zero attached hydrogens (tertiary/aromatic N) is 2.